The van der Waals surface area contributed by atoms with Gasteiger partial charge in [0.1, 0.15) is 5.25 Å². The van der Waals surface area contributed by atoms with Crippen LogP contribution in [0.4, 0.5) is 5.69 Å². The predicted octanol–water partition coefficient (Wildman–Crippen LogP) is 0.863. The molecule has 1 aromatic rings. The highest BCUT2D eigenvalue weighted by molar-refractivity contribution is 8.15. The summed E-state index contributed by atoms with van der Waals surface area (Å²) in [6.45, 7) is 1.81. The maximum atomic E-state index is 12.1. The molecule has 1 fully saturated rings. The van der Waals surface area contributed by atoms with E-state index in [2.05, 4.69) is 15.2 Å². The van der Waals surface area contributed by atoms with Crippen molar-refractivity contribution in [3.63, 3.8) is 0 Å². The van der Waals surface area contributed by atoms with Crippen LogP contribution in [0.3, 0.4) is 0 Å². The third kappa shape index (κ3) is 4.39. The normalized spacial score (nSPS) is 20.3. The average Bonchev–Trinajstić information content (AvgIpc) is 2.97. The number of aliphatic imine (C=N–C) groups is 1. The maximum absolute atomic E-state index is 12.1. The zero-order chi connectivity index (χ0) is 17.8. The number of nitrogens with zero attached hydrogens (tertiary/aromatic N) is 2. The second-order valence-electron chi connectivity index (χ2n) is 6.00. The van der Waals surface area contributed by atoms with E-state index in [1.54, 1.807) is 0 Å². The molecule has 2 amide bonds. The van der Waals surface area contributed by atoms with Crippen LogP contribution < -0.4 is 10.4 Å². The van der Waals surface area contributed by atoms with Gasteiger partial charge in [-0.25, -0.2) is 0 Å². The Bertz CT molecular complexity index is 711. The number of amides is 2. The molecule has 0 saturated carbocycles. The molecule has 0 spiro atoms. The van der Waals surface area contributed by atoms with Crippen molar-refractivity contribution in [3.8, 4) is 0 Å². The second kappa shape index (κ2) is 7.69. The lowest BCUT2D eigenvalue weighted by Crippen LogP contribution is -2.33. The number of nitrogens with one attached hydrogen (secondary N) is 1. The van der Waals surface area contributed by atoms with Gasteiger partial charge in [-0.1, -0.05) is 23.9 Å². The molecular weight excluding hydrogens is 342 g/mol. The molecule has 3 rings (SSSR count). The topological polar surface area (TPSA) is 102 Å². The summed E-state index contributed by atoms with van der Waals surface area (Å²) in [5.74, 6) is -1.84. The molecular formula is C17H18N3O4S-. The number of hydrogen-bond acceptors (Lipinski definition) is 6. The van der Waals surface area contributed by atoms with E-state index in [-0.39, 0.29) is 23.8 Å². The van der Waals surface area contributed by atoms with E-state index < -0.39 is 11.2 Å². The fraction of sp³-hybridized carbons (Fsp3) is 0.412. The van der Waals surface area contributed by atoms with Gasteiger partial charge in [-0.05, 0) is 37.0 Å². The van der Waals surface area contributed by atoms with Gasteiger partial charge in [0.2, 0.25) is 5.91 Å². The van der Waals surface area contributed by atoms with E-state index in [0.717, 1.165) is 31.1 Å². The first kappa shape index (κ1) is 17.5. The molecule has 2 heterocycles. The molecule has 1 saturated heterocycles. The molecule has 0 aliphatic carbocycles. The molecule has 8 heteroatoms. The van der Waals surface area contributed by atoms with E-state index in [4.69, 9.17) is 0 Å². The molecule has 1 N–H and O–H groups in total. The monoisotopic (exact) mass is 360 g/mol. The van der Waals surface area contributed by atoms with E-state index in [9.17, 15) is 19.5 Å². The van der Waals surface area contributed by atoms with Crippen molar-refractivity contribution in [1.82, 2.24) is 4.90 Å². The van der Waals surface area contributed by atoms with Crippen LogP contribution in [0.1, 0.15) is 36.0 Å². The minimum Gasteiger partial charge on any atom is -0.545 e. The van der Waals surface area contributed by atoms with Crippen LogP contribution in [-0.2, 0) is 9.59 Å². The summed E-state index contributed by atoms with van der Waals surface area (Å²) in [6.07, 6.45) is 3.43. The number of thioether (sulfide) groups is 1. The molecule has 2 aliphatic heterocycles. The van der Waals surface area contributed by atoms with Crippen molar-refractivity contribution in [2.75, 3.05) is 18.4 Å². The van der Waals surface area contributed by atoms with E-state index >= 15 is 0 Å². The fourth-order valence-electron chi connectivity index (χ4n) is 2.80. The number of hydrogen-bond donors (Lipinski definition) is 1. The van der Waals surface area contributed by atoms with Crippen LogP contribution >= 0.6 is 11.8 Å². The molecule has 7 nitrogen and oxygen atoms in total. The quantitative estimate of drug-likeness (QED) is 0.854. The van der Waals surface area contributed by atoms with Crippen LogP contribution in [0.2, 0.25) is 0 Å². The maximum Gasteiger partial charge on any atom is 0.262 e. The van der Waals surface area contributed by atoms with E-state index in [0.29, 0.717) is 5.69 Å². The smallest absolute Gasteiger partial charge is 0.262 e. The van der Waals surface area contributed by atoms with Gasteiger partial charge in [-0.15, -0.1) is 0 Å². The van der Waals surface area contributed by atoms with Crippen molar-refractivity contribution in [1.29, 1.82) is 0 Å². The fourth-order valence-corrected chi connectivity index (χ4v) is 3.92. The highest BCUT2D eigenvalue weighted by Crippen LogP contribution is 2.29. The van der Waals surface area contributed by atoms with E-state index in [1.807, 2.05) is 0 Å². The standard InChI is InChI=1S/C17H19N3O4S/c21-14(18-12-6-4-11(5-7-12)16(23)24)10-13-15(22)19-17(25-13)20-8-2-1-3-9-20/h4-7,13H,1-3,8-10H2,(H,18,21)(H,23,24)/p-1/t13-/m0/s1. The third-order valence-corrected chi connectivity index (χ3v) is 5.34. The molecule has 0 radical (unpaired) electrons. The van der Waals surface area contributed by atoms with Gasteiger partial charge in [0.05, 0.1) is 5.97 Å². The number of carboxylic acids is 1. The van der Waals surface area contributed by atoms with Gasteiger partial charge in [0.15, 0.2) is 5.17 Å². The van der Waals surface area contributed by atoms with Crippen LogP contribution in [0.25, 0.3) is 0 Å². The molecule has 0 bridgehead atoms. The second-order valence-corrected chi connectivity index (χ2v) is 7.17. The summed E-state index contributed by atoms with van der Waals surface area (Å²) in [7, 11) is 0. The highest BCUT2D eigenvalue weighted by Gasteiger charge is 2.33. The molecule has 1 aromatic carbocycles. The number of piperidine rings is 1. The summed E-state index contributed by atoms with van der Waals surface area (Å²) in [5, 5.41) is 13.6. The highest BCUT2D eigenvalue weighted by atomic mass is 32.2. The van der Waals surface area contributed by atoms with Crippen molar-refractivity contribution < 1.29 is 19.5 Å². The summed E-state index contributed by atoms with van der Waals surface area (Å²) >= 11 is 1.35. The summed E-state index contributed by atoms with van der Waals surface area (Å²) in [4.78, 5) is 41.1. The SMILES string of the molecule is O=C(C[C@@H]1SC(N2CCCCC2)=NC1=O)Nc1ccc(C(=O)[O-])cc1. The van der Waals surface area contributed by atoms with Crippen LogP contribution in [0, 0.1) is 0 Å². The van der Waals surface area contributed by atoms with Crippen LogP contribution in [-0.4, -0.2) is 46.2 Å². The molecule has 0 unspecified atom stereocenters. The zero-order valence-electron chi connectivity index (χ0n) is 13.6. The number of carbonyl (C=O) groups excluding carboxylic acids is 3. The average molecular weight is 360 g/mol. The van der Waals surface area contributed by atoms with Crippen molar-refractivity contribution in [3.05, 3.63) is 29.8 Å². The Morgan fingerprint density at radius 1 is 1.20 bits per heavy atom. The molecule has 1 atom stereocenters. The van der Waals surface area contributed by atoms with Gasteiger partial charge in [-0.3, -0.25) is 9.59 Å². The summed E-state index contributed by atoms with van der Waals surface area (Å²) < 4.78 is 0. The number of rotatable bonds is 4. The number of anilines is 1. The largest absolute Gasteiger partial charge is 0.545 e. The number of amidine groups is 1. The van der Waals surface area contributed by atoms with Gasteiger partial charge in [0, 0.05) is 25.2 Å². The summed E-state index contributed by atoms with van der Waals surface area (Å²) in [5.41, 5.74) is 0.515. The number of aromatic carboxylic acids is 1. The summed E-state index contributed by atoms with van der Waals surface area (Å²) in [6, 6.07) is 5.70. The Morgan fingerprint density at radius 2 is 1.88 bits per heavy atom. The Balaban J connectivity index is 1.53. The molecule has 25 heavy (non-hydrogen) atoms. The number of carbonyl (C=O) groups is 3. The first-order valence-electron chi connectivity index (χ1n) is 8.18. The first-order valence-corrected chi connectivity index (χ1v) is 9.06. The number of likely N-dealkylation sites (tertiary alicyclic amines) is 1. The van der Waals surface area contributed by atoms with Gasteiger partial charge in [0.25, 0.3) is 5.91 Å². The Morgan fingerprint density at radius 3 is 2.52 bits per heavy atom. The van der Waals surface area contributed by atoms with Crippen LogP contribution in [0.5, 0.6) is 0 Å². The van der Waals surface area contributed by atoms with Crippen molar-refractivity contribution in [2.45, 2.75) is 30.9 Å². The Hall–Kier alpha value is -2.35. The molecule has 2 aliphatic rings. The molecule has 0 aromatic heterocycles. The number of carboxylic acid groups (broad SMARTS) is 1. The lowest BCUT2D eigenvalue weighted by molar-refractivity contribution is -0.255. The third-order valence-electron chi connectivity index (χ3n) is 4.13. The van der Waals surface area contributed by atoms with Gasteiger partial charge >= 0.3 is 0 Å². The predicted molar refractivity (Wildman–Crippen MR) is 93.3 cm³/mol. The van der Waals surface area contributed by atoms with E-state index in [1.165, 1.54) is 42.4 Å². The molecule has 132 valence electrons. The lowest BCUT2D eigenvalue weighted by atomic mass is 10.1. The van der Waals surface area contributed by atoms with Crippen molar-refractivity contribution in [2.24, 2.45) is 4.99 Å². The van der Waals surface area contributed by atoms with Crippen molar-refractivity contribution >= 4 is 40.4 Å². The first-order chi connectivity index (χ1) is 12.0. The Kier molecular flexibility index (Phi) is 5.37. The minimum absolute atomic E-state index is 0.0343. The van der Waals surface area contributed by atoms with Crippen LogP contribution in [0.15, 0.2) is 29.3 Å². The van der Waals surface area contributed by atoms with Gasteiger partial charge in [-0.2, -0.15) is 4.99 Å². The minimum atomic E-state index is -1.27. The lowest BCUT2D eigenvalue weighted by Gasteiger charge is -2.27. The van der Waals surface area contributed by atoms with Gasteiger partial charge < -0.3 is 20.1 Å². The number of benzene rings is 1. The zero-order valence-corrected chi connectivity index (χ0v) is 14.4. The Labute approximate surface area is 149 Å².